The van der Waals surface area contributed by atoms with Crippen LogP contribution in [0.1, 0.15) is 35.3 Å². The zero-order valence-corrected chi connectivity index (χ0v) is 23.2. The second kappa shape index (κ2) is 12.6. The van der Waals surface area contributed by atoms with Gasteiger partial charge in [0.15, 0.2) is 5.65 Å². The number of imidazole rings is 1. The zero-order valence-electron chi connectivity index (χ0n) is 21.6. The highest BCUT2D eigenvalue weighted by Gasteiger charge is 2.18. The van der Waals surface area contributed by atoms with Crippen LogP contribution >= 0.6 is 15.9 Å². The lowest BCUT2D eigenvalue weighted by Gasteiger charge is -2.20. The summed E-state index contributed by atoms with van der Waals surface area (Å²) in [5, 5.41) is 15.2. The molecular formula is C29H29BrN6O3. The minimum absolute atomic E-state index is 0.103. The van der Waals surface area contributed by atoms with Crippen molar-refractivity contribution in [2.45, 2.75) is 32.4 Å². The van der Waals surface area contributed by atoms with E-state index in [4.69, 9.17) is 15.5 Å². The second-order valence-corrected chi connectivity index (χ2v) is 10.1. The third kappa shape index (κ3) is 7.02. The van der Waals surface area contributed by atoms with E-state index in [0.29, 0.717) is 17.7 Å². The number of benzene rings is 2. The number of nitrogens with zero attached hydrogens (tertiary/aromatic N) is 3. The van der Waals surface area contributed by atoms with Crippen molar-refractivity contribution in [1.82, 2.24) is 20.0 Å². The second-order valence-electron chi connectivity index (χ2n) is 9.28. The lowest BCUT2D eigenvalue weighted by molar-refractivity contribution is -0.119. The maximum absolute atomic E-state index is 13.1. The number of pyridine rings is 1. The Balaban J connectivity index is 1.50. The van der Waals surface area contributed by atoms with Crippen LogP contribution in [0.25, 0.3) is 16.9 Å². The number of hydrogen-bond donors (Lipinski definition) is 3. The minimum Gasteiger partial charge on any atom is -0.490 e. The molecule has 200 valence electrons. The van der Waals surface area contributed by atoms with Gasteiger partial charge in [-0.3, -0.25) is 9.59 Å². The summed E-state index contributed by atoms with van der Waals surface area (Å²) >= 11 is 3.53. The molecule has 0 saturated heterocycles. The molecule has 2 aromatic carbocycles. The maximum Gasteiger partial charge on any atom is 0.251 e. The van der Waals surface area contributed by atoms with Gasteiger partial charge in [0.1, 0.15) is 11.8 Å². The quantitative estimate of drug-likeness (QED) is 0.257. The first-order chi connectivity index (χ1) is 18.8. The van der Waals surface area contributed by atoms with Gasteiger partial charge in [0.2, 0.25) is 5.91 Å². The van der Waals surface area contributed by atoms with Crippen molar-refractivity contribution in [2.75, 3.05) is 13.1 Å². The molecular weight excluding hydrogens is 560 g/mol. The standard InChI is InChI=1S/C29H29BrN6O3/c1-18(2)39-26-10-9-21(13-22(26)14-31)29(38)34-23(16-33-27(37)15-32)12-19-5-7-20(8-6-19)25-17-36-11-3-4-24(30)28(36)35-25/h3-11,13,17-18,23H,12,15-16,32H2,1-2H3,(H,33,37)(H,34,38)/t23-/m0/s1. The monoisotopic (exact) mass is 588 g/mol. The molecule has 1 atom stereocenters. The van der Waals surface area contributed by atoms with E-state index in [9.17, 15) is 14.9 Å². The first-order valence-corrected chi connectivity index (χ1v) is 13.3. The van der Waals surface area contributed by atoms with Crippen molar-refractivity contribution in [3.8, 4) is 23.1 Å². The Bertz CT molecular complexity index is 1520. The van der Waals surface area contributed by atoms with Crippen molar-refractivity contribution >= 4 is 33.4 Å². The van der Waals surface area contributed by atoms with Crippen LogP contribution in [-0.2, 0) is 11.2 Å². The Morgan fingerprint density at radius 3 is 2.62 bits per heavy atom. The number of nitriles is 1. The number of nitrogens with two attached hydrogens (primary N) is 1. The highest BCUT2D eigenvalue weighted by atomic mass is 79.9. The summed E-state index contributed by atoms with van der Waals surface area (Å²) in [4.78, 5) is 29.6. The third-order valence-corrected chi connectivity index (χ3v) is 6.58. The summed E-state index contributed by atoms with van der Waals surface area (Å²) in [6.45, 7) is 3.78. The van der Waals surface area contributed by atoms with Crippen LogP contribution in [0.4, 0.5) is 0 Å². The van der Waals surface area contributed by atoms with Crippen LogP contribution in [0.15, 0.2) is 71.5 Å². The molecule has 0 unspecified atom stereocenters. The molecule has 0 aliphatic carbocycles. The Morgan fingerprint density at radius 1 is 1.18 bits per heavy atom. The van der Waals surface area contributed by atoms with Gasteiger partial charge >= 0.3 is 0 Å². The Labute approximate surface area is 235 Å². The summed E-state index contributed by atoms with van der Waals surface area (Å²) in [5.74, 6) is -0.250. The molecule has 0 aliphatic heterocycles. The van der Waals surface area contributed by atoms with Crippen LogP contribution in [0, 0.1) is 11.3 Å². The largest absolute Gasteiger partial charge is 0.490 e. The fourth-order valence-corrected chi connectivity index (χ4v) is 4.53. The molecule has 0 radical (unpaired) electrons. The van der Waals surface area contributed by atoms with E-state index < -0.39 is 6.04 Å². The summed E-state index contributed by atoms with van der Waals surface area (Å²) in [6, 6.07) is 18.2. The molecule has 2 heterocycles. The van der Waals surface area contributed by atoms with Gasteiger partial charge in [0, 0.05) is 30.1 Å². The lowest BCUT2D eigenvalue weighted by atomic mass is 10.0. The van der Waals surface area contributed by atoms with E-state index >= 15 is 0 Å². The minimum atomic E-state index is -0.415. The fraction of sp³-hybridized carbons (Fsp3) is 0.241. The first kappa shape index (κ1) is 27.8. The molecule has 9 nitrogen and oxygen atoms in total. The lowest BCUT2D eigenvalue weighted by Crippen LogP contribution is -2.46. The van der Waals surface area contributed by atoms with Crippen molar-refractivity contribution in [3.05, 3.63) is 88.2 Å². The molecule has 0 fully saturated rings. The van der Waals surface area contributed by atoms with Crippen molar-refractivity contribution in [2.24, 2.45) is 5.73 Å². The van der Waals surface area contributed by atoms with Crippen molar-refractivity contribution < 1.29 is 14.3 Å². The maximum atomic E-state index is 13.1. The van der Waals surface area contributed by atoms with Gasteiger partial charge in [-0.05, 0) is 72.1 Å². The third-order valence-electron chi connectivity index (χ3n) is 5.96. The van der Waals surface area contributed by atoms with E-state index in [1.54, 1.807) is 12.1 Å². The molecule has 4 N–H and O–H groups in total. The number of amides is 2. The number of ether oxygens (including phenoxy) is 1. The summed E-state index contributed by atoms with van der Waals surface area (Å²) < 4.78 is 8.52. The predicted octanol–water partition coefficient (Wildman–Crippen LogP) is 3.84. The summed E-state index contributed by atoms with van der Waals surface area (Å²) in [5.41, 5.74) is 9.64. The highest BCUT2D eigenvalue weighted by Crippen LogP contribution is 2.24. The number of aromatic nitrogens is 2. The van der Waals surface area contributed by atoms with Gasteiger partial charge in [-0.1, -0.05) is 24.3 Å². The molecule has 0 saturated carbocycles. The van der Waals surface area contributed by atoms with Gasteiger partial charge in [-0.25, -0.2) is 4.98 Å². The molecule has 0 spiro atoms. The number of nitrogens with one attached hydrogen (secondary N) is 2. The van der Waals surface area contributed by atoms with Crippen molar-refractivity contribution in [3.63, 3.8) is 0 Å². The van der Waals surface area contributed by atoms with Gasteiger partial charge in [-0.2, -0.15) is 5.26 Å². The summed E-state index contributed by atoms with van der Waals surface area (Å²) in [7, 11) is 0. The van der Waals surface area contributed by atoms with Crippen LogP contribution in [0.2, 0.25) is 0 Å². The Morgan fingerprint density at radius 2 is 1.95 bits per heavy atom. The van der Waals surface area contributed by atoms with E-state index in [0.717, 1.165) is 26.9 Å². The first-order valence-electron chi connectivity index (χ1n) is 12.5. The molecule has 39 heavy (non-hydrogen) atoms. The fourth-order valence-electron chi connectivity index (χ4n) is 4.08. The van der Waals surface area contributed by atoms with Crippen molar-refractivity contribution in [1.29, 1.82) is 5.26 Å². The summed E-state index contributed by atoms with van der Waals surface area (Å²) in [6.07, 6.45) is 4.27. The number of hydrogen-bond acceptors (Lipinski definition) is 6. The van der Waals surface area contributed by atoms with E-state index in [2.05, 4.69) is 32.6 Å². The number of fused-ring (bicyclic) bond motifs is 1. The normalized spacial score (nSPS) is 11.7. The SMILES string of the molecule is CC(C)Oc1ccc(C(=O)N[C@H](CNC(=O)CN)Cc2ccc(-c3cn4cccc(Br)c4n3)cc2)cc1C#N. The number of halogens is 1. The van der Waals surface area contributed by atoms with Gasteiger partial charge in [0.25, 0.3) is 5.91 Å². The molecule has 2 amide bonds. The van der Waals surface area contributed by atoms with E-state index in [1.165, 1.54) is 6.07 Å². The Hall–Kier alpha value is -4.20. The predicted molar refractivity (Wildman–Crippen MR) is 152 cm³/mol. The Kier molecular flexibility index (Phi) is 8.96. The van der Waals surface area contributed by atoms with Crippen LogP contribution in [-0.4, -0.2) is 46.4 Å². The smallest absolute Gasteiger partial charge is 0.251 e. The number of carbonyl (C=O) groups excluding carboxylic acids is 2. The van der Waals surface area contributed by atoms with Gasteiger partial charge in [0.05, 0.1) is 34.4 Å². The molecule has 4 rings (SSSR count). The van der Waals surface area contributed by atoms with E-state index in [1.807, 2.05) is 67.0 Å². The molecule has 10 heteroatoms. The van der Waals surface area contributed by atoms with Crippen LogP contribution in [0.5, 0.6) is 5.75 Å². The molecule has 0 aliphatic rings. The van der Waals surface area contributed by atoms with Crippen LogP contribution in [0.3, 0.4) is 0 Å². The van der Waals surface area contributed by atoms with Gasteiger partial charge < -0.3 is 25.5 Å². The molecule has 2 aromatic heterocycles. The average molecular weight is 589 g/mol. The average Bonchev–Trinajstić information content (AvgIpc) is 3.37. The van der Waals surface area contributed by atoms with Gasteiger partial charge in [-0.15, -0.1) is 0 Å². The van der Waals surface area contributed by atoms with E-state index in [-0.39, 0.29) is 36.6 Å². The highest BCUT2D eigenvalue weighted by molar-refractivity contribution is 9.10. The topological polar surface area (TPSA) is 135 Å². The molecule has 4 aromatic rings. The number of rotatable bonds is 10. The zero-order chi connectivity index (χ0) is 27.9. The number of carbonyl (C=O) groups is 2. The van der Waals surface area contributed by atoms with Crippen LogP contribution < -0.4 is 21.1 Å². The molecule has 0 bridgehead atoms.